The van der Waals surface area contributed by atoms with Crippen molar-refractivity contribution in [3.8, 4) is 0 Å². The molecule has 0 atom stereocenters. The fraction of sp³-hybridized carbons (Fsp3) is 0.545. The van der Waals surface area contributed by atoms with Crippen LogP contribution >= 0.6 is 0 Å². The first-order valence-corrected chi connectivity index (χ1v) is 5.23. The van der Waals surface area contributed by atoms with Gasteiger partial charge in [0.2, 0.25) is 0 Å². The fourth-order valence-electron chi connectivity index (χ4n) is 1.12. The van der Waals surface area contributed by atoms with Gasteiger partial charge in [-0.05, 0) is 18.6 Å². The van der Waals surface area contributed by atoms with E-state index in [2.05, 4.69) is 5.32 Å². The second-order valence-electron chi connectivity index (χ2n) is 3.19. The van der Waals surface area contributed by atoms with E-state index in [1.54, 1.807) is 19.2 Å². The van der Waals surface area contributed by atoms with Crippen LogP contribution in [-0.2, 0) is 9.47 Å². The summed E-state index contributed by atoms with van der Waals surface area (Å²) in [5.74, 6) is 0.141. The maximum absolute atomic E-state index is 11.4. The summed E-state index contributed by atoms with van der Waals surface area (Å²) in [4.78, 5) is 11.4. The van der Waals surface area contributed by atoms with Gasteiger partial charge in [0, 0.05) is 20.3 Å². The molecule has 0 saturated carbocycles. The highest BCUT2D eigenvalue weighted by Crippen LogP contribution is 1.98. The molecule has 5 nitrogen and oxygen atoms in total. The number of carbonyl (C=O) groups excluding carboxylic acids is 1. The molecule has 0 aliphatic rings. The van der Waals surface area contributed by atoms with Crippen LogP contribution in [0.2, 0.25) is 0 Å². The zero-order valence-corrected chi connectivity index (χ0v) is 9.40. The van der Waals surface area contributed by atoms with Gasteiger partial charge in [0.1, 0.15) is 0 Å². The van der Waals surface area contributed by atoms with Crippen molar-refractivity contribution >= 4 is 5.91 Å². The number of hydrogen-bond donors (Lipinski definition) is 1. The smallest absolute Gasteiger partial charge is 0.286 e. The Labute approximate surface area is 94.7 Å². The van der Waals surface area contributed by atoms with E-state index in [1.807, 2.05) is 0 Å². The van der Waals surface area contributed by atoms with Crippen LogP contribution in [0.1, 0.15) is 17.0 Å². The SMILES string of the molecule is COCCOCCCNC(=O)c1ccco1. The van der Waals surface area contributed by atoms with Gasteiger partial charge in [-0.2, -0.15) is 0 Å². The summed E-state index contributed by atoms with van der Waals surface area (Å²) in [5.41, 5.74) is 0. The zero-order valence-electron chi connectivity index (χ0n) is 9.40. The van der Waals surface area contributed by atoms with Crippen molar-refractivity contribution in [2.75, 3.05) is 33.5 Å². The summed E-state index contributed by atoms with van der Waals surface area (Å²) in [7, 11) is 1.63. The van der Waals surface area contributed by atoms with Crippen molar-refractivity contribution in [3.05, 3.63) is 24.2 Å². The number of rotatable bonds is 8. The number of ether oxygens (including phenoxy) is 2. The Morgan fingerprint density at radius 2 is 2.31 bits per heavy atom. The molecule has 0 aliphatic heterocycles. The van der Waals surface area contributed by atoms with Crippen molar-refractivity contribution in [3.63, 3.8) is 0 Å². The second kappa shape index (κ2) is 7.90. The normalized spacial score (nSPS) is 10.3. The van der Waals surface area contributed by atoms with Crippen LogP contribution in [0.3, 0.4) is 0 Å². The van der Waals surface area contributed by atoms with E-state index < -0.39 is 0 Å². The van der Waals surface area contributed by atoms with Crippen LogP contribution in [0.4, 0.5) is 0 Å². The molecule has 16 heavy (non-hydrogen) atoms. The number of amides is 1. The van der Waals surface area contributed by atoms with Gasteiger partial charge in [-0.1, -0.05) is 0 Å². The van der Waals surface area contributed by atoms with Crippen LogP contribution in [0.5, 0.6) is 0 Å². The molecule has 0 aliphatic carbocycles. The Hall–Kier alpha value is -1.33. The lowest BCUT2D eigenvalue weighted by Gasteiger charge is -2.04. The second-order valence-corrected chi connectivity index (χ2v) is 3.19. The van der Waals surface area contributed by atoms with Crippen molar-refractivity contribution in [2.45, 2.75) is 6.42 Å². The van der Waals surface area contributed by atoms with Crippen molar-refractivity contribution in [1.82, 2.24) is 5.32 Å². The van der Waals surface area contributed by atoms with E-state index in [0.717, 1.165) is 6.42 Å². The lowest BCUT2D eigenvalue weighted by atomic mass is 10.4. The third-order valence-corrected chi connectivity index (χ3v) is 1.93. The van der Waals surface area contributed by atoms with Gasteiger partial charge in [0.15, 0.2) is 5.76 Å². The van der Waals surface area contributed by atoms with E-state index in [-0.39, 0.29) is 5.91 Å². The lowest BCUT2D eigenvalue weighted by molar-refractivity contribution is 0.0687. The summed E-state index contributed by atoms with van der Waals surface area (Å²) < 4.78 is 15.0. The summed E-state index contributed by atoms with van der Waals surface area (Å²) in [6.07, 6.45) is 2.25. The van der Waals surface area contributed by atoms with Gasteiger partial charge in [-0.3, -0.25) is 4.79 Å². The van der Waals surface area contributed by atoms with Crippen LogP contribution in [-0.4, -0.2) is 39.4 Å². The van der Waals surface area contributed by atoms with Crippen LogP contribution in [0.15, 0.2) is 22.8 Å². The van der Waals surface area contributed by atoms with Crippen molar-refractivity contribution in [2.24, 2.45) is 0 Å². The lowest BCUT2D eigenvalue weighted by Crippen LogP contribution is -2.24. The van der Waals surface area contributed by atoms with Gasteiger partial charge in [0.05, 0.1) is 19.5 Å². The van der Waals surface area contributed by atoms with Gasteiger partial charge in [0.25, 0.3) is 5.91 Å². The van der Waals surface area contributed by atoms with Gasteiger partial charge in [-0.25, -0.2) is 0 Å². The molecule has 0 bridgehead atoms. The van der Waals surface area contributed by atoms with Crippen LogP contribution in [0.25, 0.3) is 0 Å². The summed E-state index contributed by atoms with van der Waals surface area (Å²) in [6.45, 7) is 2.37. The van der Waals surface area contributed by atoms with Crippen molar-refractivity contribution in [1.29, 1.82) is 0 Å². The molecule has 90 valence electrons. The number of hydrogen-bond acceptors (Lipinski definition) is 4. The molecule has 1 amide bonds. The summed E-state index contributed by atoms with van der Waals surface area (Å²) in [6, 6.07) is 3.31. The molecule has 1 aromatic heterocycles. The minimum absolute atomic E-state index is 0.193. The van der Waals surface area contributed by atoms with Crippen LogP contribution in [0, 0.1) is 0 Å². The van der Waals surface area contributed by atoms with E-state index in [9.17, 15) is 4.79 Å². The van der Waals surface area contributed by atoms with E-state index in [4.69, 9.17) is 13.9 Å². The molecule has 0 fully saturated rings. The predicted octanol–water partition coefficient (Wildman–Crippen LogP) is 1.06. The molecule has 1 heterocycles. The molecule has 0 unspecified atom stereocenters. The first-order chi connectivity index (χ1) is 7.84. The molecule has 0 aromatic carbocycles. The molecular weight excluding hydrogens is 210 g/mol. The standard InChI is InChI=1S/C11H17NO4/c1-14-8-9-15-6-3-5-12-11(13)10-4-2-7-16-10/h2,4,7H,3,5-6,8-9H2,1H3,(H,12,13). The molecular formula is C11H17NO4. The number of carbonyl (C=O) groups is 1. The Kier molecular flexibility index (Phi) is 6.29. The highest BCUT2D eigenvalue weighted by molar-refractivity contribution is 5.91. The number of methoxy groups -OCH3 is 1. The third-order valence-electron chi connectivity index (χ3n) is 1.93. The first-order valence-electron chi connectivity index (χ1n) is 5.23. The fourth-order valence-corrected chi connectivity index (χ4v) is 1.12. The van der Waals surface area contributed by atoms with Gasteiger partial charge >= 0.3 is 0 Å². The Bertz CT molecular complexity index is 284. The first kappa shape index (κ1) is 12.7. The van der Waals surface area contributed by atoms with Crippen molar-refractivity contribution < 1.29 is 18.7 Å². The largest absolute Gasteiger partial charge is 0.459 e. The monoisotopic (exact) mass is 227 g/mol. The zero-order chi connectivity index (χ0) is 11.6. The average molecular weight is 227 g/mol. The minimum Gasteiger partial charge on any atom is -0.459 e. The number of nitrogens with one attached hydrogen (secondary N) is 1. The quantitative estimate of drug-likeness (QED) is 0.675. The third kappa shape index (κ3) is 4.95. The highest BCUT2D eigenvalue weighted by Gasteiger charge is 2.06. The van der Waals surface area contributed by atoms with Crippen LogP contribution < -0.4 is 5.32 Å². The minimum atomic E-state index is -0.193. The molecule has 0 radical (unpaired) electrons. The molecule has 0 spiro atoms. The molecule has 1 N–H and O–H groups in total. The topological polar surface area (TPSA) is 60.7 Å². The maximum atomic E-state index is 11.4. The average Bonchev–Trinajstić information content (AvgIpc) is 2.81. The number of furan rings is 1. The van der Waals surface area contributed by atoms with E-state index >= 15 is 0 Å². The van der Waals surface area contributed by atoms with Gasteiger partial charge in [-0.15, -0.1) is 0 Å². The molecule has 0 saturated heterocycles. The molecule has 1 aromatic rings. The Balaban J connectivity index is 1.97. The van der Waals surface area contributed by atoms with Gasteiger partial charge < -0.3 is 19.2 Å². The molecule has 1 rings (SSSR count). The Morgan fingerprint density at radius 1 is 1.44 bits per heavy atom. The highest BCUT2D eigenvalue weighted by atomic mass is 16.5. The predicted molar refractivity (Wildman–Crippen MR) is 58.4 cm³/mol. The van der Waals surface area contributed by atoms with E-state index in [0.29, 0.717) is 32.1 Å². The Morgan fingerprint density at radius 3 is 3.00 bits per heavy atom. The summed E-state index contributed by atoms with van der Waals surface area (Å²) >= 11 is 0. The molecule has 5 heteroatoms. The summed E-state index contributed by atoms with van der Waals surface area (Å²) in [5, 5.41) is 2.73. The maximum Gasteiger partial charge on any atom is 0.286 e. The van der Waals surface area contributed by atoms with E-state index in [1.165, 1.54) is 6.26 Å².